The molecule has 3 aromatic rings. The van der Waals surface area contributed by atoms with Gasteiger partial charge in [0.05, 0.1) is 17.8 Å². The van der Waals surface area contributed by atoms with E-state index in [4.69, 9.17) is 26.8 Å². The molecule has 2 aromatic carbocycles. The Hall–Kier alpha value is -2.62. The summed E-state index contributed by atoms with van der Waals surface area (Å²) in [5.74, 6) is -0.728. The molecule has 0 saturated heterocycles. The Labute approximate surface area is 183 Å². The number of amides is 2. The van der Waals surface area contributed by atoms with Crippen molar-refractivity contribution >= 4 is 55.8 Å². The van der Waals surface area contributed by atoms with E-state index in [9.17, 15) is 9.59 Å². The van der Waals surface area contributed by atoms with Crippen molar-refractivity contribution < 1.29 is 19.1 Å². The summed E-state index contributed by atoms with van der Waals surface area (Å²) < 4.78 is 11.4. The summed E-state index contributed by atoms with van der Waals surface area (Å²) in [6.07, 6.45) is 0. The molecule has 3 N–H and O–H groups in total. The lowest BCUT2D eigenvalue weighted by atomic mass is 10.2. The van der Waals surface area contributed by atoms with Gasteiger partial charge in [0.1, 0.15) is 0 Å². The van der Waals surface area contributed by atoms with Crippen molar-refractivity contribution in [2.75, 3.05) is 19.0 Å². The standard InChI is InChI=1S/C19H15BrClN3O4S/c1-27-15-7-11(6-13(21)17(15)28-8-16(22)25)18(26)24-19-23-14(9-29-19)10-2-4-12(20)5-3-10/h2-7,9H,8H2,1H3,(H2,22,25)(H,23,24,26). The number of primary amides is 1. The van der Waals surface area contributed by atoms with Gasteiger partial charge in [0.15, 0.2) is 23.2 Å². The first-order valence-corrected chi connectivity index (χ1v) is 10.2. The molecule has 0 unspecified atom stereocenters. The average Bonchev–Trinajstić information content (AvgIpc) is 3.15. The highest BCUT2D eigenvalue weighted by Crippen LogP contribution is 2.36. The molecular formula is C19H15BrClN3O4S. The summed E-state index contributed by atoms with van der Waals surface area (Å²) in [5.41, 5.74) is 7.02. The Morgan fingerprint density at radius 1 is 1.28 bits per heavy atom. The number of methoxy groups -OCH3 is 1. The van der Waals surface area contributed by atoms with Crippen LogP contribution in [0.3, 0.4) is 0 Å². The van der Waals surface area contributed by atoms with E-state index in [1.54, 1.807) is 0 Å². The fourth-order valence-electron chi connectivity index (χ4n) is 2.39. The van der Waals surface area contributed by atoms with Gasteiger partial charge in [0, 0.05) is 21.0 Å². The molecule has 1 heterocycles. The van der Waals surface area contributed by atoms with Crippen LogP contribution in [0.25, 0.3) is 11.3 Å². The van der Waals surface area contributed by atoms with Crippen LogP contribution in [0.15, 0.2) is 46.3 Å². The first-order chi connectivity index (χ1) is 13.9. The van der Waals surface area contributed by atoms with Crippen molar-refractivity contribution in [3.8, 4) is 22.8 Å². The highest BCUT2D eigenvalue weighted by molar-refractivity contribution is 9.10. The first-order valence-electron chi connectivity index (χ1n) is 8.19. The Kier molecular flexibility index (Phi) is 6.73. The average molecular weight is 497 g/mol. The smallest absolute Gasteiger partial charge is 0.257 e. The normalized spacial score (nSPS) is 10.4. The van der Waals surface area contributed by atoms with E-state index < -0.39 is 11.8 Å². The summed E-state index contributed by atoms with van der Waals surface area (Å²) in [5, 5.41) is 5.15. The molecule has 0 fully saturated rings. The van der Waals surface area contributed by atoms with E-state index in [0.717, 1.165) is 15.7 Å². The molecule has 1 aromatic heterocycles. The number of halogens is 2. The van der Waals surface area contributed by atoms with Gasteiger partial charge in [-0.2, -0.15) is 0 Å². The highest BCUT2D eigenvalue weighted by atomic mass is 79.9. The van der Waals surface area contributed by atoms with Gasteiger partial charge in [-0.1, -0.05) is 39.7 Å². The number of carbonyl (C=O) groups excluding carboxylic acids is 2. The molecule has 29 heavy (non-hydrogen) atoms. The maximum absolute atomic E-state index is 12.6. The molecule has 0 saturated carbocycles. The number of hydrogen-bond donors (Lipinski definition) is 2. The fourth-order valence-corrected chi connectivity index (χ4v) is 3.63. The number of benzene rings is 2. The molecule has 0 aliphatic carbocycles. The molecule has 10 heteroatoms. The second kappa shape index (κ2) is 9.25. The first kappa shape index (κ1) is 21.1. The van der Waals surface area contributed by atoms with Gasteiger partial charge in [-0.3, -0.25) is 14.9 Å². The molecule has 0 radical (unpaired) electrons. The fraction of sp³-hybridized carbons (Fsp3) is 0.105. The van der Waals surface area contributed by atoms with E-state index in [1.165, 1.54) is 30.6 Å². The van der Waals surface area contributed by atoms with Crippen molar-refractivity contribution in [2.24, 2.45) is 5.73 Å². The molecule has 0 bridgehead atoms. The molecule has 0 aliphatic rings. The molecule has 7 nitrogen and oxygen atoms in total. The minimum Gasteiger partial charge on any atom is -0.493 e. The van der Waals surface area contributed by atoms with Crippen LogP contribution < -0.4 is 20.5 Å². The second-order valence-corrected chi connectivity index (χ2v) is 7.92. The van der Waals surface area contributed by atoms with E-state index in [1.807, 2.05) is 29.6 Å². The number of thiazole rings is 1. The SMILES string of the molecule is COc1cc(C(=O)Nc2nc(-c3ccc(Br)cc3)cs2)cc(Cl)c1OCC(N)=O. The number of nitrogens with one attached hydrogen (secondary N) is 1. The number of anilines is 1. The largest absolute Gasteiger partial charge is 0.493 e. The summed E-state index contributed by atoms with van der Waals surface area (Å²) in [6.45, 7) is -0.362. The maximum Gasteiger partial charge on any atom is 0.257 e. The summed E-state index contributed by atoms with van der Waals surface area (Å²) >= 11 is 10.9. The summed E-state index contributed by atoms with van der Waals surface area (Å²) in [7, 11) is 1.40. The number of aromatic nitrogens is 1. The molecule has 0 atom stereocenters. The van der Waals surface area contributed by atoms with Gasteiger partial charge < -0.3 is 15.2 Å². The Bertz CT molecular complexity index is 1060. The zero-order chi connectivity index (χ0) is 21.0. The molecule has 0 aliphatic heterocycles. The van der Waals surface area contributed by atoms with Gasteiger partial charge in [-0.05, 0) is 24.3 Å². The highest BCUT2D eigenvalue weighted by Gasteiger charge is 2.18. The lowest BCUT2D eigenvalue weighted by molar-refractivity contribution is -0.119. The lowest BCUT2D eigenvalue weighted by Crippen LogP contribution is -2.20. The number of nitrogens with zero attached hydrogens (tertiary/aromatic N) is 1. The summed E-state index contributed by atoms with van der Waals surface area (Å²) in [4.78, 5) is 28.0. The Morgan fingerprint density at radius 2 is 2.00 bits per heavy atom. The van der Waals surface area contributed by atoms with Gasteiger partial charge in [-0.15, -0.1) is 11.3 Å². The van der Waals surface area contributed by atoms with Crippen molar-refractivity contribution in [2.45, 2.75) is 0 Å². The minimum atomic E-state index is -0.657. The lowest BCUT2D eigenvalue weighted by Gasteiger charge is -2.13. The number of hydrogen-bond acceptors (Lipinski definition) is 6. The van der Waals surface area contributed by atoms with Crippen LogP contribution in [0, 0.1) is 0 Å². The van der Waals surface area contributed by atoms with Crippen LogP contribution >= 0.6 is 38.9 Å². The predicted molar refractivity (Wildman–Crippen MR) is 116 cm³/mol. The number of ether oxygens (including phenoxy) is 2. The monoisotopic (exact) mass is 495 g/mol. The molecule has 150 valence electrons. The quantitative estimate of drug-likeness (QED) is 0.506. The van der Waals surface area contributed by atoms with E-state index in [-0.39, 0.29) is 28.7 Å². The number of carbonyl (C=O) groups is 2. The van der Waals surface area contributed by atoms with Crippen LogP contribution in [0.2, 0.25) is 5.02 Å². The van der Waals surface area contributed by atoms with Crippen LogP contribution in [0.1, 0.15) is 10.4 Å². The van der Waals surface area contributed by atoms with Crippen LogP contribution in [0.5, 0.6) is 11.5 Å². The van der Waals surface area contributed by atoms with Crippen LogP contribution in [-0.2, 0) is 4.79 Å². The molecule has 3 rings (SSSR count). The van der Waals surface area contributed by atoms with Gasteiger partial charge in [-0.25, -0.2) is 4.98 Å². The van der Waals surface area contributed by atoms with E-state index in [0.29, 0.717) is 5.13 Å². The molecule has 0 spiro atoms. The van der Waals surface area contributed by atoms with Crippen molar-refractivity contribution in [3.63, 3.8) is 0 Å². The maximum atomic E-state index is 12.6. The van der Waals surface area contributed by atoms with Gasteiger partial charge in [0.25, 0.3) is 11.8 Å². The third-order valence-corrected chi connectivity index (χ3v) is 5.28. The molecular weight excluding hydrogens is 482 g/mol. The van der Waals surface area contributed by atoms with Crippen molar-refractivity contribution in [3.05, 3.63) is 56.8 Å². The number of rotatable bonds is 7. The topological polar surface area (TPSA) is 104 Å². The van der Waals surface area contributed by atoms with Crippen LogP contribution in [-0.4, -0.2) is 30.5 Å². The van der Waals surface area contributed by atoms with E-state index in [2.05, 4.69) is 26.2 Å². The Balaban J connectivity index is 1.78. The second-order valence-electron chi connectivity index (χ2n) is 5.74. The van der Waals surface area contributed by atoms with Gasteiger partial charge in [0.2, 0.25) is 0 Å². The minimum absolute atomic E-state index is 0.116. The molecule has 2 amide bonds. The van der Waals surface area contributed by atoms with Crippen LogP contribution in [0.4, 0.5) is 5.13 Å². The van der Waals surface area contributed by atoms with E-state index >= 15 is 0 Å². The Morgan fingerprint density at radius 3 is 2.66 bits per heavy atom. The zero-order valence-corrected chi connectivity index (χ0v) is 18.2. The van der Waals surface area contributed by atoms with Gasteiger partial charge >= 0.3 is 0 Å². The zero-order valence-electron chi connectivity index (χ0n) is 15.1. The third-order valence-electron chi connectivity index (χ3n) is 3.72. The summed E-state index contributed by atoms with van der Waals surface area (Å²) in [6, 6.07) is 10.6. The van der Waals surface area contributed by atoms with Crippen molar-refractivity contribution in [1.29, 1.82) is 0 Å². The predicted octanol–water partition coefficient (Wildman–Crippen LogP) is 4.35. The number of nitrogens with two attached hydrogens (primary N) is 1. The van der Waals surface area contributed by atoms with Crippen molar-refractivity contribution in [1.82, 2.24) is 4.98 Å². The third kappa shape index (κ3) is 5.26.